The molecule has 0 fully saturated rings. The van der Waals surface area contributed by atoms with E-state index in [9.17, 15) is 9.59 Å². The first-order valence-electron chi connectivity index (χ1n) is 10.9. The Morgan fingerprint density at radius 1 is 1.09 bits per heavy atom. The van der Waals surface area contributed by atoms with Gasteiger partial charge in [0.2, 0.25) is 5.91 Å². The van der Waals surface area contributed by atoms with E-state index in [-0.39, 0.29) is 18.3 Å². The highest BCUT2D eigenvalue weighted by atomic mass is 79.9. The van der Waals surface area contributed by atoms with Crippen LogP contribution in [0.1, 0.15) is 27.7 Å². The summed E-state index contributed by atoms with van der Waals surface area (Å²) in [5.41, 5.74) is 3.04. The van der Waals surface area contributed by atoms with Crippen LogP contribution in [0.4, 0.5) is 5.00 Å². The fourth-order valence-electron chi connectivity index (χ4n) is 3.42. The Bertz CT molecular complexity index is 1350. The van der Waals surface area contributed by atoms with Gasteiger partial charge in [0.15, 0.2) is 11.0 Å². The molecule has 0 aliphatic heterocycles. The average Bonchev–Trinajstić information content (AvgIpc) is 3.39. The first-order valence-corrected chi connectivity index (χ1v) is 13.4. The lowest BCUT2D eigenvalue weighted by molar-refractivity contribution is -0.113. The van der Waals surface area contributed by atoms with Gasteiger partial charge in [-0.1, -0.05) is 58.0 Å². The Morgan fingerprint density at radius 2 is 1.80 bits per heavy atom. The van der Waals surface area contributed by atoms with E-state index in [4.69, 9.17) is 4.74 Å². The average molecular weight is 572 g/mol. The molecule has 35 heavy (non-hydrogen) atoms. The second kappa shape index (κ2) is 11.2. The zero-order chi connectivity index (χ0) is 24.9. The summed E-state index contributed by atoms with van der Waals surface area (Å²) in [7, 11) is 0. The van der Waals surface area contributed by atoms with Gasteiger partial charge < -0.3 is 10.1 Å². The molecule has 1 amide bonds. The molecule has 0 radical (unpaired) electrons. The van der Waals surface area contributed by atoms with Crippen LogP contribution < -0.4 is 5.32 Å². The summed E-state index contributed by atoms with van der Waals surface area (Å²) in [6.45, 7) is 5.80. The molecule has 7 nitrogen and oxygen atoms in total. The Kier molecular flexibility index (Phi) is 8.04. The van der Waals surface area contributed by atoms with Crippen LogP contribution in [0.25, 0.3) is 17.1 Å². The van der Waals surface area contributed by atoms with Crippen LogP contribution in [0.3, 0.4) is 0 Å². The number of carbonyl (C=O) groups is 2. The van der Waals surface area contributed by atoms with Crippen molar-refractivity contribution < 1.29 is 14.3 Å². The van der Waals surface area contributed by atoms with Crippen molar-refractivity contribution in [2.75, 3.05) is 17.7 Å². The number of para-hydroxylation sites is 1. The number of hydrogen-bond donors (Lipinski definition) is 1. The second-order valence-corrected chi connectivity index (χ2v) is 10.6. The van der Waals surface area contributed by atoms with Gasteiger partial charge in [-0.2, -0.15) is 0 Å². The number of halogens is 1. The van der Waals surface area contributed by atoms with E-state index in [1.54, 1.807) is 6.92 Å². The molecule has 0 spiro atoms. The highest BCUT2D eigenvalue weighted by Gasteiger charge is 2.23. The summed E-state index contributed by atoms with van der Waals surface area (Å²) < 4.78 is 8.08. The zero-order valence-electron chi connectivity index (χ0n) is 19.4. The Morgan fingerprint density at radius 3 is 2.49 bits per heavy atom. The number of ether oxygens (including phenoxy) is 1. The lowest BCUT2D eigenvalue weighted by Crippen LogP contribution is -2.16. The molecule has 2 aromatic heterocycles. The largest absolute Gasteiger partial charge is 0.462 e. The normalized spacial score (nSPS) is 10.9. The van der Waals surface area contributed by atoms with E-state index in [0.29, 0.717) is 21.5 Å². The molecule has 4 rings (SSSR count). The van der Waals surface area contributed by atoms with Gasteiger partial charge in [0.05, 0.1) is 17.9 Å². The van der Waals surface area contributed by atoms with Crippen molar-refractivity contribution in [1.82, 2.24) is 14.8 Å². The quantitative estimate of drug-likeness (QED) is 0.198. The van der Waals surface area contributed by atoms with Crippen molar-refractivity contribution in [2.24, 2.45) is 0 Å². The summed E-state index contributed by atoms with van der Waals surface area (Å²) in [5, 5.41) is 12.8. The van der Waals surface area contributed by atoms with Crippen LogP contribution in [-0.2, 0) is 9.53 Å². The van der Waals surface area contributed by atoms with Crippen molar-refractivity contribution in [3.8, 4) is 17.1 Å². The van der Waals surface area contributed by atoms with Gasteiger partial charge in [-0.05, 0) is 50.6 Å². The number of nitrogens with one attached hydrogen (secondary N) is 1. The molecular formula is C25H23BrN4O3S2. The first kappa shape index (κ1) is 25.2. The maximum Gasteiger partial charge on any atom is 0.341 e. The molecule has 0 bridgehead atoms. The van der Waals surface area contributed by atoms with Gasteiger partial charge >= 0.3 is 5.97 Å². The third kappa shape index (κ3) is 5.66. The summed E-state index contributed by atoms with van der Waals surface area (Å²) >= 11 is 6.11. The van der Waals surface area contributed by atoms with Crippen molar-refractivity contribution in [3.63, 3.8) is 0 Å². The van der Waals surface area contributed by atoms with Crippen LogP contribution in [0.15, 0.2) is 64.2 Å². The molecule has 1 N–H and O–H groups in total. The van der Waals surface area contributed by atoms with Gasteiger partial charge in [0, 0.05) is 20.6 Å². The first-order chi connectivity index (χ1) is 16.9. The standard InChI is InChI=1S/C25H23BrN4O3S2/c1-4-33-24(32)21-15(2)16(3)35-23(21)27-20(31)14-34-25-29-28-22(17-10-12-18(26)13-11-17)30(25)19-8-6-5-7-9-19/h5-13H,4,14H2,1-3H3,(H,27,31). The number of carbonyl (C=O) groups excluding carboxylic acids is 2. The lowest BCUT2D eigenvalue weighted by atomic mass is 10.1. The molecule has 4 aromatic rings. The van der Waals surface area contributed by atoms with E-state index in [0.717, 1.165) is 26.2 Å². The molecule has 0 aliphatic rings. The topological polar surface area (TPSA) is 86.1 Å². The van der Waals surface area contributed by atoms with Gasteiger partial charge in [0.25, 0.3) is 0 Å². The molecule has 0 saturated heterocycles. The van der Waals surface area contributed by atoms with Gasteiger partial charge in [-0.15, -0.1) is 21.5 Å². The van der Waals surface area contributed by atoms with Gasteiger partial charge in [0.1, 0.15) is 5.00 Å². The van der Waals surface area contributed by atoms with Crippen molar-refractivity contribution in [1.29, 1.82) is 0 Å². The van der Waals surface area contributed by atoms with Gasteiger partial charge in [-0.25, -0.2) is 4.79 Å². The number of hydrogen-bond acceptors (Lipinski definition) is 7. The number of amides is 1. The minimum atomic E-state index is -0.430. The number of anilines is 1. The predicted octanol–water partition coefficient (Wildman–Crippen LogP) is 6.28. The SMILES string of the molecule is CCOC(=O)c1c(NC(=O)CSc2nnc(-c3ccc(Br)cc3)n2-c2ccccc2)sc(C)c1C. The Labute approximate surface area is 220 Å². The molecular weight excluding hydrogens is 548 g/mol. The molecule has 180 valence electrons. The van der Waals surface area contributed by atoms with Crippen LogP contribution in [0.2, 0.25) is 0 Å². The number of thioether (sulfide) groups is 1. The van der Waals surface area contributed by atoms with Crippen LogP contribution in [-0.4, -0.2) is 39.0 Å². The number of nitrogens with zero attached hydrogens (tertiary/aromatic N) is 3. The van der Waals surface area contributed by atoms with Crippen LogP contribution >= 0.6 is 39.0 Å². The smallest absolute Gasteiger partial charge is 0.341 e. The molecule has 0 unspecified atom stereocenters. The number of rotatable bonds is 8. The third-order valence-electron chi connectivity index (χ3n) is 5.20. The molecule has 2 heterocycles. The maximum atomic E-state index is 12.9. The fraction of sp³-hybridized carbons (Fsp3) is 0.200. The van der Waals surface area contributed by atoms with E-state index >= 15 is 0 Å². The Hall–Kier alpha value is -2.95. The van der Waals surface area contributed by atoms with E-state index in [1.807, 2.05) is 73.0 Å². The lowest BCUT2D eigenvalue weighted by Gasteiger charge is -2.11. The molecule has 0 aliphatic carbocycles. The van der Waals surface area contributed by atoms with Crippen molar-refractivity contribution >= 4 is 55.9 Å². The Balaban J connectivity index is 1.57. The third-order valence-corrected chi connectivity index (χ3v) is 7.78. The number of aryl methyl sites for hydroxylation is 1. The van der Waals surface area contributed by atoms with E-state index in [1.165, 1.54) is 23.1 Å². The zero-order valence-corrected chi connectivity index (χ0v) is 22.6. The van der Waals surface area contributed by atoms with E-state index in [2.05, 4.69) is 31.4 Å². The minimum Gasteiger partial charge on any atom is -0.462 e. The number of esters is 1. The highest BCUT2D eigenvalue weighted by Crippen LogP contribution is 2.34. The monoisotopic (exact) mass is 570 g/mol. The summed E-state index contributed by atoms with van der Waals surface area (Å²) in [6.07, 6.45) is 0. The van der Waals surface area contributed by atoms with Crippen LogP contribution in [0.5, 0.6) is 0 Å². The van der Waals surface area contributed by atoms with Crippen molar-refractivity contribution in [2.45, 2.75) is 25.9 Å². The second-order valence-electron chi connectivity index (χ2n) is 7.53. The number of aromatic nitrogens is 3. The molecule has 2 aromatic carbocycles. The molecule has 10 heteroatoms. The van der Waals surface area contributed by atoms with Crippen LogP contribution in [0, 0.1) is 13.8 Å². The predicted molar refractivity (Wildman–Crippen MR) is 144 cm³/mol. The summed E-state index contributed by atoms with van der Waals surface area (Å²) in [6, 6.07) is 17.6. The minimum absolute atomic E-state index is 0.101. The molecule has 0 atom stereocenters. The summed E-state index contributed by atoms with van der Waals surface area (Å²) in [5.74, 6) is 0.111. The molecule has 0 saturated carbocycles. The number of benzene rings is 2. The maximum absolute atomic E-state index is 12.9. The number of thiophene rings is 1. The highest BCUT2D eigenvalue weighted by molar-refractivity contribution is 9.10. The van der Waals surface area contributed by atoms with Crippen molar-refractivity contribution in [3.05, 3.63) is 75.1 Å². The van der Waals surface area contributed by atoms with Gasteiger partial charge in [-0.3, -0.25) is 9.36 Å². The van der Waals surface area contributed by atoms with E-state index < -0.39 is 5.97 Å². The summed E-state index contributed by atoms with van der Waals surface area (Å²) in [4.78, 5) is 26.2. The fourth-order valence-corrected chi connectivity index (χ4v) is 5.50.